The fourth-order valence-electron chi connectivity index (χ4n) is 2.18. The Labute approximate surface area is 157 Å². The molecule has 0 saturated carbocycles. The van der Waals surface area contributed by atoms with Gasteiger partial charge in [-0.2, -0.15) is 8.78 Å². The lowest BCUT2D eigenvalue weighted by Crippen LogP contribution is -2.23. The van der Waals surface area contributed by atoms with E-state index in [1.807, 2.05) is 0 Å². The molecule has 0 aliphatic rings. The van der Waals surface area contributed by atoms with Crippen molar-refractivity contribution in [1.82, 2.24) is 10.2 Å². The van der Waals surface area contributed by atoms with Crippen LogP contribution in [-0.4, -0.2) is 28.0 Å². The molecule has 0 unspecified atom stereocenters. The molecule has 0 bridgehead atoms. The van der Waals surface area contributed by atoms with E-state index in [0.29, 0.717) is 11.3 Å². The molecule has 0 radical (unpaired) electrons. The van der Waals surface area contributed by atoms with E-state index < -0.39 is 17.8 Å². The smallest absolute Gasteiger partial charge is 0.387 e. The molecule has 0 spiro atoms. The summed E-state index contributed by atoms with van der Waals surface area (Å²) in [5.74, 6) is 0.377. The molecule has 27 heavy (non-hydrogen) atoms. The lowest BCUT2D eigenvalue weighted by atomic mass is 10.3. The van der Waals surface area contributed by atoms with Gasteiger partial charge in [-0.05, 0) is 32.0 Å². The van der Waals surface area contributed by atoms with E-state index in [4.69, 9.17) is 8.83 Å². The lowest BCUT2D eigenvalue weighted by Gasteiger charge is -2.13. The van der Waals surface area contributed by atoms with Crippen LogP contribution in [0, 0.1) is 6.92 Å². The Morgan fingerprint density at radius 2 is 2.04 bits per heavy atom. The molecule has 7 nitrogen and oxygen atoms in total. The first kappa shape index (κ1) is 18.9. The maximum atomic E-state index is 12.5. The fourth-order valence-corrected chi connectivity index (χ4v) is 2.86. The molecule has 2 heterocycles. The summed E-state index contributed by atoms with van der Waals surface area (Å²) in [4.78, 5) is 12.4. The third kappa shape index (κ3) is 4.64. The Balaban J connectivity index is 1.65. The minimum Gasteiger partial charge on any atom is -0.469 e. The number of benzene rings is 1. The SMILES string of the molecule is Cc1occc1-c1nnc(S[C@@H](C)C(=O)Nc2ccccc2OC(F)F)o1. The number of hydrogen-bond acceptors (Lipinski definition) is 7. The molecule has 0 aliphatic heterocycles. The highest BCUT2D eigenvalue weighted by Crippen LogP contribution is 2.30. The van der Waals surface area contributed by atoms with Crippen LogP contribution in [0.2, 0.25) is 0 Å². The molecule has 2 aromatic heterocycles. The van der Waals surface area contributed by atoms with E-state index in [-0.39, 0.29) is 22.6 Å². The zero-order valence-electron chi connectivity index (χ0n) is 14.3. The highest BCUT2D eigenvalue weighted by Gasteiger charge is 2.21. The monoisotopic (exact) mass is 395 g/mol. The molecular formula is C17H15F2N3O4S. The Kier molecular flexibility index (Phi) is 5.75. The number of anilines is 1. The van der Waals surface area contributed by atoms with Crippen molar-refractivity contribution in [2.24, 2.45) is 0 Å². The number of aromatic nitrogens is 2. The predicted octanol–water partition coefficient (Wildman–Crippen LogP) is 4.36. The number of halogens is 2. The van der Waals surface area contributed by atoms with Crippen LogP contribution in [0.3, 0.4) is 0 Å². The number of carbonyl (C=O) groups excluding carboxylic acids is 1. The number of alkyl halides is 2. The number of aryl methyl sites for hydroxylation is 1. The van der Waals surface area contributed by atoms with E-state index >= 15 is 0 Å². The number of amides is 1. The summed E-state index contributed by atoms with van der Waals surface area (Å²) in [6.07, 6.45) is 1.51. The van der Waals surface area contributed by atoms with Gasteiger partial charge in [0.15, 0.2) is 0 Å². The van der Waals surface area contributed by atoms with Crippen LogP contribution in [0.1, 0.15) is 12.7 Å². The van der Waals surface area contributed by atoms with Crippen LogP contribution < -0.4 is 10.1 Å². The summed E-state index contributed by atoms with van der Waals surface area (Å²) in [7, 11) is 0. The van der Waals surface area contributed by atoms with E-state index in [2.05, 4.69) is 20.3 Å². The van der Waals surface area contributed by atoms with Gasteiger partial charge in [0.2, 0.25) is 5.91 Å². The quantitative estimate of drug-likeness (QED) is 0.595. The molecule has 0 aliphatic carbocycles. The first-order valence-electron chi connectivity index (χ1n) is 7.83. The second-order valence-electron chi connectivity index (χ2n) is 5.39. The van der Waals surface area contributed by atoms with Crippen LogP contribution in [0.25, 0.3) is 11.5 Å². The number of carbonyl (C=O) groups is 1. The summed E-state index contributed by atoms with van der Waals surface area (Å²) < 4.78 is 40.0. The van der Waals surface area contributed by atoms with Gasteiger partial charge in [-0.15, -0.1) is 10.2 Å². The fraction of sp³-hybridized carbons (Fsp3) is 0.235. The highest BCUT2D eigenvalue weighted by molar-refractivity contribution is 8.00. The number of hydrogen-bond donors (Lipinski definition) is 1. The molecule has 1 amide bonds. The van der Waals surface area contributed by atoms with E-state index in [0.717, 1.165) is 11.8 Å². The average Bonchev–Trinajstić information content (AvgIpc) is 3.24. The largest absolute Gasteiger partial charge is 0.469 e. The summed E-state index contributed by atoms with van der Waals surface area (Å²) in [5.41, 5.74) is 0.819. The first-order chi connectivity index (χ1) is 12.9. The predicted molar refractivity (Wildman–Crippen MR) is 93.8 cm³/mol. The van der Waals surface area contributed by atoms with Gasteiger partial charge >= 0.3 is 6.61 Å². The van der Waals surface area contributed by atoms with E-state index in [9.17, 15) is 13.6 Å². The topological polar surface area (TPSA) is 90.4 Å². The summed E-state index contributed by atoms with van der Waals surface area (Å²) in [5, 5.41) is 9.96. The molecule has 3 aromatic rings. The molecule has 0 saturated heterocycles. The lowest BCUT2D eigenvalue weighted by molar-refractivity contribution is -0.115. The van der Waals surface area contributed by atoms with Crippen molar-refractivity contribution in [1.29, 1.82) is 0 Å². The van der Waals surface area contributed by atoms with Gasteiger partial charge in [0, 0.05) is 0 Å². The van der Waals surface area contributed by atoms with Gasteiger partial charge in [-0.1, -0.05) is 23.9 Å². The zero-order valence-corrected chi connectivity index (χ0v) is 15.1. The Morgan fingerprint density at radius 3 is 2.74 bits per heavy atom. The van der Waals surface area contributed by atoms with Gasteiger partial charge in [-0.3, -0.25) is 4.79 Å². The number of rotatable bonds is 7. The number of thioether (sulfide) groups is 1. The van der Waals surface area contributed by atoms with Crippen molar-refractivity contribution in [3.63, 3.8) is 0 Å². The summed E-state index contributed by atoms with van der Waals surface area (Å²) in [6, 6.07) is 7.65. The maximum absolute atomic E-state index is 12.5. The maximum Gasteiger partial charge on any atom is 0.387 e. The molecule has 0 fully saturated rings. The number of nitrogens with one attached hydrogen (secondary N) is 1. The van der Waals surface area contributed by atoms with Gasteiger partial charge in [0.05, 0.1) is 22.8 Å². The minimum absolute atomic E-state index is 0.117. The first-order valence-corrected chi connectivity index (χ1v) is 8.71. The van der Waals surface area contributed by atoms with Crippen molar-refractivity contribution in [3.05, 3.63) is 42.4 Å². The highest BCUT2D eigenvalue weighted by atomic mass is 32.2. The number of nitrogens with zero attached hydrogens (tertiary/aromatic N) is 2. The van der Waals surface area contributed by atoms with Gasteiger partial charge < -0.3 is 18.9 Å². The molecule has 3 rings (SSSR count). The number of para-hydroxylation sites is 2. The molecule has 1 N–H and O–H groups in total. The second kappa shape index (κ2) is 8.21. The third-order valence-electron chi connectivity index (χ3n) is 3.50. The molecule has 1 aromatic carbocycles. The summed E-state index contributed by atoms with van der Waals surface area (Å²) in [6.45, 7) is 0.406. The normalized spacial score (nSPS) is 12.2. The van der Waals surface area contributed by atoms with Crippen molar-refractivity contribution >= 4 is 23.4 Å². The van der Waals surface area contributed by atoms with Crippen LogP contribution in [-0.2, 0) is 4.79 Å². The van der Waals surface area contributed by atoms with Crippen LogP contribution in [0.15, 0.2) is 50.7 Å². The van der Waals surface area contributed by atoms with Crippen molar-refractivity contribution in [2.75, 3.05) is 5.32 Å². The van der Waals surface area contributed by atoms with E-state index in [1.165, 1.54) is 24.5 Å². The Hall–Kier alpha value is -2.88. The van der Waals surface area contributed by atoms with Crippen LogP contribution >= 0.6 is 11.8 Å². The standard InChI is InChI=1S/C17H15F2N3O4S/c1-9-11(7-8-24-9)15-21-22-17(26-15)27-10(2)14(23)20-12-5-3-4-6-13(12)25-16(18)19/h3-8,10,16H,1-2H3,(H,20,23)/t10-/m0/s1. The second-order valence-corrected chi connectivity index (χ2v) is 6.68. The van der Waals surface area contributed by atoms with Crippen molar-refractivity contribution < 1.29 is 27.1 Å². The van der Waals surface area contributed by atoms with E-state index in [1.54, 1.807) is 26.0 Å². The minimum atomic E-state index is -2.99. The van der Waals surface area contributed by atoms with Crippen LogP contribution in [0.4, 0.5) is 14.5 Å². The number of furan rings is 1. The molecule has 142 valence electrons. The number of ether oxygens (including phenoxy) is 1. The Bertz CT molecular complexity index is 928. The van der Waals surface area contributed by atoms with Gasteiger partial charge in [0.1, 0.15) is 11.5 Å². The molecule has 10 heteroatoms. The average molecular weight is 395 g/mol. The zero-order chi connectivity index (χ0) is 19.4. The molecule has 1 atom stereocenters. The van der Waals surface area contributed by atoms with Crippen molar-refractivity contribution in [3.8, 4) is 17.2 Å². The Morgan fingerprint density at radius 1 is 1.26 bits per heavy atom. The third-order valence-corrected chi connectivity index (χ3v) is 4.44. The van der Waals surface area contributed by atoms with Crippen LogP contribution in [0.5, 0.6) is 5.75 Å². The van der Waals surface area contributed by atoms with Crippen molar-refractivity contribution in [2.45, 2.75) is 30.9 Å². The molecular weight excluding hydrogens is 380 g/mol. The van der Waals surface area contributed by atoms with Gasteiger partial charge in [-0.25, -0.2) is 0 Å². The summed E-state index contributed by atoms with van der Waals surface area (Å²) >= 11 is 1.04. The van der Waals surface area contributed by atoms with Gasteiger partial charge in [0.25, 0.3) is 11.1 Å².